The first kappa shape index (κ1) is 12.6. The SMILES string of the molecule is CCOC(C)CNc1ccc(N)c2cnccc12. The van der Waals surface area contributed by atoms with Gasteiger partial charge in [-0.2, -0.15) is 0 Å². The largest absolute Gasteiger partial charge is 0.398 e. The van der Waals surface area contributed by atoms with E-state index in [1.807, 2.05) is 25.1 Å². The summed E-state index contributed by atoms with van der Waals surface area (Å²) in [5.41, 5.74) is 7.75. The van der Waals surface area contributed by atoms with Crippen LogP contribution in [0.3, 0.4) is 0 Å². The lowest BCUT2D eigenvalue weighted by Crippen LogP contribution is -2.19. The Morgan fingerprint density at radius 2 is 2.17 bits per heavy atom. The Balaban J connectivity index is 2.21. The molecule has 0 bridgehead atoms. The van der Waals surface area contributed by atoms with E-state index in [1.165, 1.54) is 0 Å². The van der Waals surface area contributed by atoms with Crippen molar-refractivity contribution < 1.29 is 4.74 Å². The molecule has 1 aromatic heterocycles. The average Bonchev–Trinajstić information content (AvgIpc) is 2.39. The minimum Gasteiger partial charge on any atom is -0.398 e. The highest BCUT2D eigenvalue weighted by molar-refractivity contribution is 6.00. The van der Waals surface area contributed by atoms with Gasteiger partial charge in [-0.05, 0) is 32.0 Å². The van der Waals surface area contributed by atoms with Crippen molar-refractivity contribution in [3.05, 3.63) is 30.6 Å². The number of hydrogen-bond acceptors (Lipinski definition) is 4. The number of aromatic nitrogens is 1. The summed E-state index contributed by atoms with van der Waals surface area (Å²) in [6, 6.07) is 5.87. The van der Waals surface area contributed by atoms with E-state index in [9.17, 15) is 0 Å². The smallest absolute Gasteiger partial charge is 0.0719 e. The zero-order chi connectivity index (χ0) is 13.0. The van der Waals surface area contributed by atoms with Gasteiger partial charge in [0.1, 0.15) is 0 Å². The summed E-state index contributed by atoms with van der Waals surface area (Å²) in [5, 5.41) is 5.46. The van der Waals surface area contributed by atoms with Gasteiger partial charge < -0.3 is 15.8 Å². The molecule has 4 nitrogen and oxygen atoms in total. The van der Waals surface area contributed by atoms with Gasteiger partial charge in [-0.25, -0.2) is 0 Å². The van der Waals surface area contributed by atoms with Gasteiger partial charge in [0, 0.05) is 47.7 Å². The number of anilines is 2. The van der Waals surface area contributed by atoms with Gasteiger partial charge in [0.15, 0.2) is 0 Å². The molecule has 96 valence electrons. The number of hydrogen-bond donors (Lipinski definition) is 2. The molecule has 0 saturated carbocycles. The van der Waals surface area contributed by atoms with Gasteiger partial charge >= 0.3 is 0 Å². The van der Waals surface area contributed by atoms with E-state index in [0.717, 1.165) is 35.3 Å². The lowest BCUT2D eigenvalue weighted by molar-refractivity contribution is 0.0855. The van der Waals surface area contributed by atoms with E-state index in [1.54, 1.807) is 12.4 Å². The summed E-state index contributed by atoms with van der Waals surface area (Å²) in [6.45, 7) is 5.56. The molecule has 1 aromatic carbocycles. The van der Waals surface area contributed by atoms with Crippen molar-refractivity contribution in [2.75, 3.05) is 24.2 Å². The summed E-state index contributed by atoms with van der Waals surface area (Å²) in [7, 11) is 0. The molecule has 0 aliphatic heterocycles. The lowest BCUT2D eigenvalue weighted by atomic mass is 10.1. The number of pyridine rings is 1. The predicted octanol–water partition coefficient (Wildman–Crippen LogP) is 2.65. The van der Waals surface area contributed by atoms with Crippen LogP contribution in [0.4, 0.5) is 11.4 Å². The van der Waals surface area contributed by atoms with Crippen LogP contribution in [0.2, 0.25) is 0 Å². The molecule has 0 spiro atoms. The second-order valence-electron chi connectivity index (χ2n) is 4.27. The van der Waals surface area contributed by atoms with Crippen LogP contribution in [0.25, 0.3) is 10.8 Å². The van der Waals surface area contributed by atoms with Crippen LogP contribution in [0.1, 0.15) is 13.8 Å². The van der Waals surface area contributed by atoms with Crippen molar-refractivity contribution in [2.24, 2.45) is 0 Å². The fourth-order valence-electron chi connectivity index (χ4n) is 1.96. The number of rotatable bonds is 5. The predicted molar refractivity (Wildman–Crippen MR) is 75.7 cm³/mol. The third kappa shape index (κ3) is 2.71. The highest BCUT2D eigenvalue weighted by Gasteiger charge is 2.05. The summed E-state index contributed by atoms with van der Waals surface area (Å²) < 4.78 is 5.50. The van der Waals surface area contributed by atoms with Gasteiger partial charge in [0.25, 0.3) is 0 Å². The Morgan fingerprint density at radius 1 is 1.33 bits per heavy atom. The standard InChI is InChI=1S/C14H19N3O/c1-3-18-10(2)8-17-14-5-4-13(15)12-9-16-7-6-11(12)14/h4-7,9-10,17H,3,8,15H2,1-2H3. The molecule has 0 saturated heterocycles. The zero-order valence-corrected chi connectivity index (χ0v) is 10.8. The summed E-state index contributed by atoms with van der Waals surface area (Å²) in [5.74, 6) is 0. The molecule has 1 heterocycles. The molecule has 0 fully saturated rings. The maximum atomic E-state index is 5.94. The van der Waals surface area contributed by atoms with Crippen molar-refractivity contribution in [3.63, 3.8) is 0 Å². The first-order valence-corrected chi connectivity index (χ1v) is 6.20. The number of nitrogens with one attached hydrogen (secondary N) is 1. The molecule has 0 aliphatic rings. The van der Waals surface area contributed by atoms with Gasteiger partial charge in [0.2, 0.25) is 0 Å². The molecular formula is C14H19N3O. The van der Waals surface area contributed by atoms with Crippen LogP contribution in [-0.2, 0) is 4.74 Å². The van der Waals surface area contributed by atoms with Crippen LogP contribution in [0.15, 0.2) is 30.6 Å². The van der Waals surface area contributed by atoms with Crippen molar-refractivity contribution in [1.29, 1.82) is 0 Å². The minimum atomic E-state index is 0.185. The van der Waals surface area contributed by atoms with E-state index in [4.69, 9.17) is 10.5 Å². The Hall–Kier alpha value is -1.81. The fourth-order valence-corrected chi connectivity index (χ4v) is 1.96. The molecule has 2 aromatic rings. The number of nitrogens with two attached hydrogens (primary N) is 1. The van der Waals surface area contributed by atoms with E-state index < -0.39 is 0 Å². The van der Waals surface area contributed by atoms with Crippen molar-refractivity contribution in [3.8, 4) is 0 Å². The molecule has 0 aliphatic carbocycles. The molecule has 0 amide bonds. The Bertz CT molecular complexity index is 527. The molecular weight excluding hydrogens is 226 g/mol. The Morgan fingerprint density at radius 3 is 2.94 bits per heavy atom. The molecule has 18 heavy (non-hydrogen) atoms. The Kier molecular flexibility index (Phi) is 3.99. The van der Waals surface area contributed by atoms with Crippen LogP contribution in [0.5, 0.6) is 0 Å². The number of fused-ring (bicyclic) bond motifs is 1. The van der Waals surface area contributed by atoms with Crippen molar-refractivity contribution in [2.45, 2.75) is 20.0 Å². The highest BCUT2D eigenvalue weighted by Crippen LogP contribution is 2.27. The molecule has 4 heteroatoms. The number of benzene rings is 1. The second kappa shape index (κ2) is 5.69. The van der Waals surface area contributed by atoms with Crippen LogP contribution >= 0.6 is 0 Å². The van der Waals surface area contributed by atoms with Crippen LogP contribution in [0, 0.1) is 0 Å². The molecule has 1 atom stereocenters. The van der Waals surface area contributed by atoms with Crippen LogP contribution < -0.4 is 11.1 Å². The van der Waals surface area contributed by atoms with E-state index in [-0.39, 0.29) is 6.10 Å². The normalized spacial score (nSPS) is 12.6. The number of nitrogens with zero attached hydrogens (tertiary/aromatic N) is 1. The molecule has 2 rings (SSSR count). The number of ether oxygens (including phenoxy) is 1. The summed E-state index contributed by atoms with van der Waals surface area (Å²) >= 11 is 0. The minimum absolute atomic E-state index is 0.185. The third-order valence-corrected chi connectivity index (χ3v) is 2.88. The van der Waals surface area contributed by atoms with E-state index >= 15 is 0 Å². The third-order valence-electron chi connectivity index (χ3n) is 2.88. The highest BCUT2D eigenvalue weighted by atomic mass is 16.5. The maximum Gasteiger partial charge on any atom is 0.0719 e. The van der Waals surface area contributed by atoms with Gasteiger partial charge in [-0.3, -0.25) is 4.98 Å². The molecule has 0 radical (unpaired) electrons. The van der Waals surface area contributed by atoms with Crippen molar-refractivity contribution >= 4 is 22.1 Å². The average molecular weight is 245 g/mol. The molecule has 1 unspecified atom stereocenters. The van der Waals surface area contributed by atoms with Gasteiger partial charge in [-0.15, -0.1) is 0 Å². The Labute approximate surface area is 107 Å². The maximum absolute atomic E-state index is 5.94. The van der Waals surface area contributed by atoms with Gasteiger partial charge in [-0.1, -0.05) is 0 Å². The first-order valence-electron chi connectivity index (χ1n) is 6.20. The first-order chi connectivity index (χ1) is 8.72. The van der Waals surface area contributed by atoms with E-state index in [2.05, 4.69) is 17.2 Å². The van der Waals surface area contributed by atoms with Crippen LogP contribution in [-0.4, -0.2) is 24.2 Å². The second-order valence-corrected chi connectivity index (χ2v) is 4.27. The number of nitrogen functional groups attached to an aromatic ring is 1. The monoisotopic (exact) mass is 245 g/mol. The topological polar surface area (TPSA) is 60.2 Å². The lowest BCUT2D eigenvalue weighted by Gasteiger charge is -2.15. The van der Waals surface area contributed by atoms with Crippen molar-refractivity contribution in [1.82, 2.24) is 4.98 Å². The van der Waals surface area contributed by atoms with E-state index in [0.29, 0.717) is 0 Å². The summed E-state index contributed by atoms with van der Waals surface area (Å²) in [6.07, 6.45) is 3.75. The molecule has 3 N–H and O–H groups in total. The van der Waals surface area contributed by atoms with Gasteiger partial charge in [0.05, 0.1) is 6.10 Å². The fraction of sp³-hybridized carbons (Fsp3) is 0.357. The zero-order valence-electron chi connectivity index (χ0n) is 10.8. The quantitative estimate of drug-likeness (QED) is 0.795. The summed E-state index contributed by atoms with van der Waals surface area (Å²) in [4.78, 5) is 4.11.